The fraction of sp³-hybridized carbons (Fsp3) is 0.500. The maximum atomic E-state index is 5.43. The molecule has 1 heterocycles. The molecule has 0 radical (unpaired) electrons. The van der Waals surface area contributed by atoms with Gasteiger partial charge < -0.3 is 15.4 Å². The molecule has 0 saturated carbocycles. The van der Waals surface area contributed by atoms with E-state index in [4.69, 9.17) is 10.5 Å². The first-order valence-electron chi connectivity index (χ1n) is 5.58. The van der Waals surface area contributed by atoms with E-state index >= 15 is 0 Å². The quantitative estimate of drug-likeness (QED) is 0.813. The molecule has 1 aromatic carbocycles. The molecular weight excluding hydrogens is 188 g/mol. The Morgan fingerprint density at radius 1 is 1.13 bits per heavy atom. The first kappa shape index (κ1) is 10.3. The van der Waals surface area contributed by atoms with Crippen molar-refractivity contribution in [1.29, 1.82) is 0 Å². The number of benzene rings is 1. The summed E-state index contributed by atoms with van der Waals surface area (Å²) in [5.41, 5.74) is 6.67. The van der Waals surface area contributed by atoms with Crippen molar-refractivity contribution in [2.45, 2.75) is 12.8 Å². The lowest BCUT2D eigenvalue weighted by Crippen LogP contribution is -2.17. The minimum Gasteiger partial charge on any atom is -0.492 e. The van der Waals surface area contributed by atoms with E-state index in [9.17, 15) is 0 Å². The standard InChI is InChI=1S/C12H18N2O/c13-7-10-15-12-5-3-11(4-6-12)14-8-1-2-9-14/h3-6H,1-2,7-10,13H2. The highest BCUT2D eigenvalue weighted by atomic mass is 16.5. The van der Waals surface area contributed by atoms with Crippen LogP contribution in [0.2, 0.25) is 0 Å². The third-order valence-corrected chi connectivity index (χ3v) is 2.69. The van der Waals surface area contributed by atoms with E-state index in [1.54, 1.807) is 0 Å². The van der Waals surface area contributed by atoms with Crippen LogP contribution in [0, 0.1) is 0 Å². The Morgan fingerprint density at radius 3 is 2.40 bits per heavy atom. The van der Waals surface area contributed by atoms with E-state index < -0.39 is 0 Å². The fourth-order valence-corrected chi connectivity index (χ4v) is 1.91. The number of hydrogen-bond donors (Lipinski definition) is 1. The average Bonchev–Trinajstić information content (AvgIpc) is 2.80. The third-order valence-electron chi connectivity index (χ3n) is 2.69. The van der Waals surface area contributed by atoms with Crippen LogP contribution in [0.15, 0.2) is 24.3 Å². The van der Waals surface area contributed by atoms with E-state index in [1.807, 2.05) is 12.1 Å². The predicted octanol–water partition coefficient (Wildman–Crippen LogP) is 1.62. The van der Waals surface area contributed by atoms with Gasteiger partial charge in [0.25, 0.3) is 0 Å². The molecule has 1 saturated heterocycles. The Labute approximate surface area is 90.8 Å². The average molecular weight is 206 g/mol. The van der Waals surface area contributed by atoms with E-state index in [-0.39, 0.29) is 0 Å². The number of ether oxygens (including phenoxy) is 1. The lowest BCUT2D eigenvalue weighted by atomic mass is 10.3. The van der Waals surface area contributed by atoms with Crippen molar-refractivity contribution in [3.05, 3.63) is 24.3 Å². The molecule has 2 N–H and O–H groups in total. The van der Waals surface area contributed by atoms with Crippen LogP contribution in [-0.4, -0.2) is 26.2 Å². The summed E-state index contributed by atoms with van der Waals surface area (Å²) in [4.78, 5) is 2.41. The molecule has 0 unspecified atom stereocenters. The van der Waals surface area contributed by atoms with Crippen LogP contribution in [0.25, 0.3) is 0 Å². The third kappa shape index (κ3) is 2.63. The van der Waals surface area contributed by atoms with E-state index in [0.29, 0.717) is 13.2 Å². The van der Waals surface area contributed by atoms with Crippen LogP contribution < -0.4 is 15.4 Å². The highest BCUT2D eigenvalue weighted by Crippen LogP contribution is 2.22. The summed E-state index contributed by atoms with van der Waals surface area (Å²) in [5, 5.41) is 0. The summed E-state index contributed by atoms with van der Waals surface area (Å²) >= 11 is 0. The summed E-state index contributed by atoms with van der Waals surface area (Å²) in [7, 11) is 0. The van der Waals surface area contributed by atoms with Crippen LogP contribution in [-0.2, 0) is 0 Å². The Bertz CT molecular complexity index is 291. The molecule has 82 valence electrons. The molecule has 0 aliphatic carbocycles. The van der Waals surface area contributed by atoms with E-state index in [2.05, 4.69) is 17.0 Å². The summed E-state index contributed by atoms with van der Waals surface area (Å²) < 4.78 is 5.43. The van der Waals surface area contributed by atoms with Gasteiger partial charge in [-0.05, 0) is 37.1 Å². The highest BCUT2D eigenvalue weighted by Gasteiger charge is 2.11. The summed E-state index contributed by atoms with van der Waals surface area (Å²) in [6.45, 7) is 3.52. The molecule has 2 rings (SSSR count). The Morgan fingerprint density at radius 2 is 1.80 bits per heavy atom. The molecule has 3 heteroatoms. The van der Waals surface area contributed by atoms with E-state index in [1.165, 1.54) is 31.6 Å². The molecule has 0 amide bonds. The van der Waals surface area contributed by atoms with Gasteiger partial charge in [-0.3, -0.25) is 0 Å². The van der Waals surface area contributed by atoms with Gasteiger partial charge in [0.05, 0.1) is 0 Å². The summed E-state index contributed by atoms with van der Waals surface area (Å²) in [5.74, 6) is 0.906. The largest absolute Gasteiger partial charge is 0.492 e. The van der Waals surface area contributed by atoms with Crippen molar-refractivity contribution in [3.8, 4) is 5.75 Å². The minimum absolute atomic E-state index is 0.563. The minimum atomic E-state index is 0.563. The first-order valence-corrected chi connectivity index (χ1v) is 5.58. The SMILES string of the molecule is NCCOc1ccc(N2CCCC2)cc1. The molecule has 1 fully saturated rings. The Hall–Kier alpha value is -1.22. The number of hydrogen-bond acceptors (Lipinski definition) is 3. The van der Waals surface area contributed by atoms with Crippen LogP contribution in [0.4, 0.5) is 5.69 Å². The topological polar surface area (TPSA) is 38.5 Å². The maximum absolute atomic E-state index is 5.43. The molecule has 1 aliphatic rings. The Balaban J connectivity index is 1.96. The molecule has 0 bridgehead atoms. The van der Waals surface area contributed by atoms with Gasteiger partial charge in [-0.2, -0.15) is 0 Å². The molecular formula is C12H18N2O. The van der Waals surface area contributed by atoms with Gasteiger partial charge in [0, 0.05) is 25.3 Å². The first-order chi connectivity index (χ1) is 7.40. The van der Waals surface area contributed by atoms with E-state index in [0.717, 1.165) is 5.75 Å². The predicted molar refractivity (Wildman–Crippen MR) is 62.4 cm³/mol. The number of nitrogens with zero attached hydrogens (tertiary/aromatic N) is 1. The highest BCUT2D eigenvalue weighted by molar-refractivity contribution is 5.49. The zero-order chi connectivity index (χ0) is 10.5. The van der Waals surface area contributed by atoms with Crippen molar-refractivity contribution in [1.82, 2.24) is 0 Å². The van der Waals surface area contributed by atoms with Crippen LogP contribution in [0.3, 0.4) is 0 Å². The van der Waals surface area contributed by atoms with Gasteiger partial charge >= 0.3 is 0 Å². The maximum Gasteiger partial charge on any atom is 0.119 e. The molecule has 3 nitrogen and oxygen atoms in total. The van der Waals surface area contributed by atoms with Gasteiger partial charge in [-0.25, -0.2) is 0 Å². The van der Waals surface area contributed by atoms with Crippen LogP contribution in [0.1, 0.15) is 12.8 Å². The lowest BCUT2D eigenvalue weighted by molar-refractivity contribution is 0.328. The van der Waals surface area contributed by atoms with Crippen molar-refractivity contribution in [2.24, 2.45) is 5.73 Å². The molecule has 1 aliphatic heterocycles. The second-order valence-corrected chi connectivity index (χ2v) is 3.83. The zero-order valence-corrected chi connectivity index (χ0v) is 8.98. The van der Waals surface area contributed by atoms with Crippen molar-refractivity contribution in [2.75, 3.05) is 31.1 Å². The van der Waals surface area contributed by atoms with Crippen LogP contribution in [0.5, 0.6) is 5.75 Å². The number of anilines is 1. The van der Waals surface area contributed by atoms with Gasteiger partial charge in [-0.15, -0.1) is 0 Å². The second-order valence-electron chi connectivity index (χ2n) is 3.83. The Kier molecular flexibility index (Phi) is 3.45. The molecule has 0 spiro atoms. The molecule has 15 heavy (non-hydrogen) atoms. The number of nitrogens with two attached hydrogens (primary N) is 1. The van der Waals surface area contributed by atoms with Crippen molar-refractivity contribution >= 4 is 5.69 Å². The van der Waals surface area contributed by atoms with Crippen molar-refractivity contribution in [3.63, 3.8) is 0 Å². The van der Waals surface area contributed by atoms with Gasteiger partial charge in [-0.1, -0.05) is 0 Å². The van der Waals surface area contributed by atoms with Crippen molar-refractivity contribution < 1.29 is 4.74 Å². The smallest absolute Gasteiger partial charge is 0.119 e. The zero-order valence-electron chi connectivity index (χ0n) is 8.98. The monoisotopic (exact) mass is 206 g/mol. The molecule has 1 aromatic rings. The van der Waals surface area contributed by atoms with Gasteiger partial charge in [0.1, 0.15) is 12.4 Å². The number of rotatable bonds is 4. The normalized spacial score (nSPS) is 15.7. The summed E-state index contributed by atoms with van der Waals surface area (Å²) in [6, 6.07) is 8.28. The van der Waals surface area contributed by atoms with Crippen LogP contribution >= 0.6 is 0 Å². The summed E-state index contributed by atoms with van der Waals surface area (Å²) in [6.07, 6.45) is 2.62. The lowest BCUT2D eigenvalue weighted by Gasteiger charge is -2.17. The fourth-order valence-electron chi connectivity index (χ4n) is 1.91. The molecule has 0 aromatic heterocycles. The van der Waals surface area contributed by atoms with Gasteiger partial charge in [0.15, 0.2) is 0 Å². The second kappa shape index (κ2) is 5.03. The molecule has 0 atom stereocenters. The van der Waals surface area contributed by atoms with Gasteiger partial charge in [0.2, 0.25) is 0 Å².